The summed E-state index contributed by atoms with van der Waals surface area (Å²) in [5, 5.41) is 1.36. The molecule has 0 bridgehead atoms. The lowest BCUT2D eigenvalue weighted by molar-refractivity contribution is -0.140. The van der Waals surface area contributed by atoms with Crippen LogP contribution in [0.1, 0.15) is 19.8 Å². The number of fused-ring (bicyclic) bond motifs is 1. The van der Waals surface area contributed by atoms with Crippen molar-refractivity contribution in [3.05, 3.63) is 23.2 Å². The Hall–Kier alpha value is -0.910. The first-order chi connectivity index (χ1) is 9.19. The molecule has 2 rings (SSSR count). The van der Waals surface area contributed by atoms with Crippen molar-refractivity contribution in [1.29, 1.82) is 0 Å². The highest BCUT2D eigenvalue weighted by Crippen LogP contribution is 2.22. The topological polar surface area (TPSA) is 55.0 Å². The number of nitrogens with zero attached hydrogens (tertiary/aromatic N) is 1. The third-order valence-electron chi connectivity index (χ3n) is 2.51. The lowest BCUT2D eigenvalue weighted by atomic mass is 10.3. The van der Waals surface area contributed by atoms with Gasteiger partial charge in [-0.15, -0.1) is 12.4 Å². The van der Waals surface area contributed by atoms with Gasteiger partial charge in [0, 0.05) is 5.02 Å². The average molecular weight is 335 g/mol. The van der Waals surface area contributed by atoms with Crippen molar-refractivity contribution < 1.29 is 9.53 Å². The Morgan fingerprint density at radius 2 is 2.30 bits per heavy atom. The summed E-state index contributed by atoms with van der Waals surface area (Å²) in [6.07, 6.45) is 1.92. The van der Waals surface area contributed by atoms with Gasteiger partial charge in [-0.25, -0.2) is 4.98 Å². The smallest absolute Gasteiger partial charge is 0.316 e. The lowest BCUT2D eigenvalue weighted by Gasteiger charge is -2.01. The number of aromatic amines is 1. The SMILES string of the molecule is CCCCOC(=O)CSc1nc2ccc(Cl)cc2[nH]1.Cl. The number of unbranched alkanes of at least 4 members (excludes halogenated alkanes) is 1. The van der Waals surface area contributed by atoms with Gasteiger partial charge < -0.3 is 9.72 Å². The highest BCUT2D eigenvalue weighted by Gasteiger charge is 2.08. The molecule has 0 saturated heterocycles. The fourth-order valence-electron chi connectivity index (χ4n) is 1.53. The summed E-state index contributed by atoms with van der Waals surface area (Å²) in [5.41, 5.74) is 1.71. The van der Waals surface area contributed by atoms with Crippen molar-refractivity contribution in [1.82, 2.24) is 9.97 Å². The van der Waals surface area contributed by atoms with Gasteiger partial charge in [-0.3, -0.25) is 4.79 Å². The molecule has 1 N–H and O–H groups in total. The van der Waals surface area contributed by atoms with Crippen LogP contribution in [0.15, 0.2) is 23.4 Å². The van der Waals surface area contributed by atoms with Crippen molar-refractivity contribution in [2.45, 2.75) is 24.9 Å². The van der Waals surface area contributed by atoms with Gasteiger partial charge in [0.2, 0.25) is 0 Å². The number of hydrogen-bond acceptors (Lipinski definition) is 4. The van der Waals surface area contributed by atoms with Crippen LogP contribution < -0.4 is 0 Å². The molecule has 0 unspecified atom stereocenters. The molecule has 20 heavy (non-hydrogen) atoms. The standard InChI is InChI=1S/C13H15ClN2O2S.ClH/c1-2-3-6-18-12(17)8-19-13-15-10-5-4-9(14)7-11(10)16-13;/h4-5,7H,2-3,6,8H2,1H3,(H,15,16);1H. The molecule has 0 spiro atoms. The number of ether oxygens (including phenoxy) is 1. The van der Waals surface area contributed by atoms with Gasteiger partial charge in [0.05, 0.1) is 23.4 Å². The molecule has 1 aromatic carbocycles. The number of carbonyl (C=O) groups is 1. The number of H-pyrrole nitrogens is 1. The minimum absolute atomic E-state index is 0. The van der Waals surface area contributed by atoms with Crippen LogP contribution in [0.5, 0.6) is 0 Å². The monoisotopic (exact) mass is 334 g/mol. The van der Waals surface area contributed by atoms with Gasteiger partial charge in [-0.1, -0.05) is 36.7 Å². The molecule has 0 fully saturated rings. The van der Waals surface area contributed by atoms with E-state index >= 15 is 0 Å². The average Bonchev–Trinajstić information content (AvgIpc) is 2.78. The van der Waals surface area contributed by atoms with Crippen LogP contribution in [0.2, 0.25) is 5.02 Å². The molecular formula is C13H16Cl2N2O2S. The van der Waals surface area contributed by atoms with Crippen molar-refractivity contribution >= 4 is 52.8 Å². The molecule has 0 aliphatic rings. The van der Waals surface area contributed by atoms with Gasteiger partial charge in [-0.05, 0) is 24.6 Å². The first kappa shape index (κ1) is 17.1. The normalized spacial score (nSPS) is 10.3. The summed E-state index contributed by atoms with van der Waals surface area (Å²) in [6, 6.07) is 5.45. The second-order valence-corrected chi connectivity index (χ2v) is 5.47. The Morgan fingerprint density at radius 1 is 1.50 bits per heavy atom. The Morgan fingerprint density at radius 3 is 3.05 bits per heavy atom. The van der Waals surface area contributed by atoms with Crippen LogP contribution in [0, 0.1) is 0 Å². The van der Waals surface area contributed by atoms with Gasteiger partial charge in [-0.2, -0.15) is 0 Å². The van der Waals surface area contributed by atoms with E-state index in [1.165, 1.54) is 11.8 Å². The number of benzene rings is 1. The second kappa shape index (κ2) is 8.39. The summed E-state index contributed by atoms with van der Waals surface area (Å²) in [7, 11) is 0. The van der Waals surface area contributed by atoms with Gasteiger partial charge in [0.15, 0.2) is 5.16 Å². The summed E-state index contributed by atoms with van der Waals surface area (Å²) in [4.78, 5) is 18.9. The third kappa shape index (κ3) is 4.89. The molecule has 110 valence electrons. The minimum atomic E-state index is -0.211. The molecule has 1 heterocycles. The Kier molecular flexibility index (Phi) is 7.19. The fourth-order valence-corrected chi connectivity index (χ4v) is 2.38. The molecule has 0 atom stereocenters. The van der Waals surface area contributed by atoms with E-state index in [0.29, 0.717) is 16.8 Å². The van der Waals surface area contributed by atoms with Crippen LogP contribution in [-0.4, -0.2) is 28.3 Å². The Bertz CT molecular complexity index is 574. The number of rotatable bonds is 6. The van der Waals surface area contributed by atoms with E-state index in [4.69, 9.17) is 16.3 Å². The first-order valence-electron chi connectivity index (χ1n) is 6.12. The molecule has 0 saturated carbocycles. The zero-order chi connectivity index (χ0) is 13.7. The van der Waals surface area contributed by atoms with E-state index in [9.17, 15) is 4.79 Å². The zero-order valence-corrected chi connectivity index (χ0v) is 13.4. The van der Waals surface area contributed by atoms with Crippen molar-refractivity contribution in [2.24, 2.45) is 0 Å². The molecule has 2 aromatic rings. The van der Waals surface area contributed by atoms with E-state index in [0.717, 1.165) is 23.9 Å². The van der Waals surface area contributed by atoms with Crippen molar-refractivity contribution in [2.75, 3.05) is 12.4 Å². The van der Waals surface area contributed by atoms with E-state index in [1.54, 1.807) is 6.07 Å². The maximum Gasteiger partial charge on any atom is 0.316 e. The molecule has 4 nitrogen and oxygen atoms in total. The van der Waals surface area contributed by atoms with E-state index < -0.39 is 0 Å². The molecule has 0 aliphatic carbocycles. The number of halogens is 2. The Labute approximate surface area is 133 Å². The maximum atomic E-state index is 11.5. The van der Waals surface area contributed by atoms with Crippen LogP contribution in [-0.2, 0) is 9.53 Å². The molecule has 7 heteroatoms. The number of esters is 1. The number of aromatic nitrogens is 2. The highest BCUT2D eigenvalue weighted by molar-refractivity contribution is 7.99. The number of imidazole rings is 1. The maximum absolute atomic E-state index is 11.5. The summed E-state index contributed by atoms with van der Waals surface area (Å²) in [6.45, 7) is 2.55. The predicted molar refractivity (Wildman–Crippen MR) is 84.9 cm³/mol. The quantitative estimate of drug-likeness (QED) is 0.491. The van der Waals surface area contributed by atoms with Crippen LogP contribution in [0.3, 0.4) is 0 Å². The number of carbonyl (C=O) groups excluding carboxylic acids is 1. The largest absolute Gasteiger partial charge is 0.465 e. The van der Waals surface area contributed by atoms with Crippen LogP contribution in [0.25, 0.3) is 11.0 Å². The van der Waals surface area contributed by atoms with E-state index in [-0.39, 0.29) is 24.1 Å². The number of nitrogens with one attached hydrogen (secondary N) is 1. The number of hydrogen-bond donors (Lipinski definition) is 1. The first-order valence-corrected chi connectivity index (χ1v) is 7.49. The van der Waals surface area contributed by atoms with Crippen molar-refractivity contribution in [3.8, 4) is 0 Å². The fraction of sp³-hybridized carbons (Fsp3) is 0.385. The predicted octanol–water partition coefficient (Wildman–Crippen LogP) is 4.07. The van der Waals surface area contributed by atoms with E-state index in [1.807, 2.05) is 12.1 Å². The highest BCUT2D eigenvalue weighted by atomic mass is 35.5. The van der Waals surface area contributed by atoms with Crippen molar-refractivity contribution in [3.63, 3.8) is 0 Å². The van der Waals surface area contributed by atoms with Crippen LogP contribution in [0.4, 0.5) is 0 Å². The van der Waals surface area contributed by atoms with E-state index in [2.05, 4.69) is 16.9 Å². The summed E-state index contributed by atoms with van der Waals surface area (Å²) >= 11 is 7.23. The molecule has 0 amide bonds. The third-order valence-corrected chi connectivity index (χ3v) is 3.59. The molecular weight excluding hydrogens is 319 g/mol. The lowest BCUT2D eigenvalue weighted by Crippen LogP contribution is -2.08. The Balaban J connectivity index is 0.00000200. The summed E-state index contributed by atoms with van der Waals surface area (Å²) < 4.78 is 5.07. The minimum Gasteiger partial charge on any atom is -0.465 e. The second-order valence-electron chi connectivity index (χ2n) is 4.07. The number of thioether (sulfide) groups is 1. The van der Waals surface area contributed by atoms with Gasteiger partial charge in [0.1, 0.15) is 0 Å². The van der Waals surface area contributed by atoms with Gasteiger partial charge >= 0.3 is 5.97 Å². The molecule has 0 aliphatic heterocycles. The zero-order valence-electron chi connectivity index (χ0n) is 11.0. The van der Waals surface area contributed by atoms with Crippen LogP contribution >= 0.6 is 35.8 Å². The molecule has 1 aromatic heterocycles. The van der Waals surface area contributed by atoms with Gasteiger partial charge in [0.25, 0.3) is 0 Å². The molecule has 0 radical (unpaired) electrons. The summed E-state index contributed by atoms with van der Waals surface area (Å²) in [5.74, 6) is 0.0500.